The highest BCUT2D eigenvalue weighted by molar-refractivity contribution is 6.16. The lowest BCUT2D eigenvalue weighted by atomic mass is 10.1. The van der Waals surface area contributed by atoms with E-state index in [1.807, 2.05) is 16.7 Å². The topological polar surface area (TPSA) is 43.9 Å². The first-order chi connectivity index (χ1) is 7.81. The third kappa shape index (κ3) is 2.44. The van der Waals surface area contributed by atoms with Crippen molar-refractivity contribution in [2.45, 2.75) is 31.7 Å². The average molecular weight is 240 g/mol. The van der Waals surface area contributed by atoms with Crippen molar-refractivity contribution in [2.24, 2.45) is 0 Å². The van der Waals surface area contributed by atoms with E-state index in [1.54, 1.807) is 12.6 Å². The van der Waals surface area contributed by atoms with E-state index in [2.05, 4.69) is 17.1 Å². The van der Waals surface area contributed by atoms with Crippen molar-refractivity contribution in [2.75, 3.05) is 0 Å². The summed E-state index contributed by atoms with van der Waals surface area (Å²) < 4.78 is 7.30. The van der Waals surface area contributed by atoms with Gasteiger partial charge in [-0.25, -0.2) is 0 Å². The van der Waals surface area contributed by atoms with E-state index in [1.165, 1.54) is 0 Å². The lowest BCUT2D eigenvalue weighted by Gasteiger charge is -2.13. The maximum atomic E-state index is 5.78. The van der Waals surface area contributed by atoms with E-state index < -0.39 is 0 Å². The van der Waals surface area contributed by atoms with E-state index >= 15 is 0 Å². The van der Waals surface area contributed by atoms with Gasteiger partial charge >= 0.3 is 0 Å². The highest BCUT2D eigenvalue weighted by Gasteiger charge is 2.10. The minimum absolute atomic E-state index is 0.328. The molecule has 0 saturated heterocycles. The molecule has 0 bridgehead atoms. The van der Waals surface area contributed by atoms with Crippen LogP contribution in [0.4, 0.5) is 0 Å². The number of alkyl halides is 1. The van der Waals surface area contributed by atoms with Crippen LogP contribution < -0.4 is 0 Å². The van der Waals surface area contributed by atoms with Crippen molar-refractivity contribution < 1.29 is 4.42 Å². The van der Waals surface area contributed by atoms with Crippen LogP contribution in [0.2, 0.25) is 0 Å². The molecule has 5 heteroatoms. The van der Waals surface area contributed by atoms with Gasteiger partial charge in [0, 0.05) is 12.5 Å². The summed E-state index contributed by atoms with van der Waals surface area (Å²) in [6, 6.07) is 4.22. The number of aromatic nitrogens is 3. The summed E-state index contributed by atoms with van der Waals surface area (Å²) in [6.45, 7) is 2.13. The first-order valence-electron chi connectivity index (χ1n) is 5.28. The van der Waals surface area contributed by atoms with Gasteiger partial charge in [-0.3, -0.25) is 0 Å². The molecule has 0 spiro atoms. The quantitative estimate of drug-likeness (QED) is 0.754. The molecule has 0 aromatic carbocycles. The molecule has 2 aromatic rings. The fourth-order valence-electron chi connectivity index (χ4n) is 1.68. The Balaban J connectivity index is 1.95. The Hall–Kier alpha value is -1.29. The van der Waals surface area contributed by atoms with Crippen molar-refractivity contribution in [1.29, 1.82) is 0 Å². The Labute approximate surface area is 99.2 Å². The molecule has 0 aliphatic rings. The van der Waals surface area contributed by atoms with Crippen LogP contribution in [0.25, 0.3) is 0 Å². The van der Waals surface area contributed by atoms with Crippen LogP contribution >= 0.6 is 11.6 Å². The van der Waals surface area contributed by atoms with Crippen molar-refractivity contribution in [3.05, 3.63) is 36.3 Å². The minimum Gasteiger partial charge on any atom is -0.469 e. The maximum absolute atomic E-state index is 5.78. The van der Waals surface area contributed by atoms with Crippen LogP contribution in [0, 0.1) is 0 Å². The Kier molecular flexibility index (Phi) is 3.62. The molecule has 4 nitrogen and oxygen atoms in total. The standard InChI is InChI=1S/C11H14ClN3O/c1-9(4-5-10-3-2-6-16-10)15-8-13-14-11(15)7-12/h2-3,6,8-9H,4-5,7H2,1H3. The Morgan fingerprint density at radius 2 is 2.44 bits per heavy atom. The lowest BCUT2D eigenvalue weighted by Crippen LogP contribution is -2.08. The number of halogens is 1. The van der Waals surface area contributed by atoms with Crippen LogP contribution in [0.5, 0.6) is 0 Å². The Morgan fingerprint density at radius 3 is 3.12 bits per heavy atom. The zero-order valence-electron chi connectivity index (χ0n) is 9.14. The van der Waals surface area contributed by atoms with Gasteiger partial charge in [0.2, 0.25) is 0 Å². The second kappa shape index (κ2) is 5.16. The van der Waals surface area contributed by atoms with Gasteiger partial charge in [-0.15, -0.1) is 21.8 Å². The van der Waals surface area contributed by atoms with E-state index in [4.69, 9.17) is 16.0 Å². The maximum Gasteiger partial charge on any atom is 0.148 e. The monoisotopic (exact) mass is 239 g/mol. The van der Waals surface area contributed by atoms with E-state index in [0.29, 0.717) is 11.9 Å². The summed E-state index contributed by atoms with van der Waals surface area (Å²) in [5.41, 5.74) is 0. The molecule has 2 heterocycles. The molecule has 0 N–H and O–H groups in total. The van der Waals surface area contributed by atoms with Crippen LogP contribution in [0.3, 0.4) is 0 Å². The highest BCUT2D eigenvalue weighted by atomic mass is 35.5. The summed E-state index contributed by atoms with van der Waals surface area (Å²) in [6.07, 6.45) is 5.32. The van der Waals surface area contributed by atoms with Gasteiger partial charge in [0.1, 0.15) is 17.9 Å². The smallest absolute Gasteiger partial charge is 0.148 e. The van der Waals surface area contributed by atoms with Crippen LogP contribution in [0.15, 0.2) is 29.1 Å². The van der Waals surface area contributed by atoms with E-state index in [9.17, 15) is 0 Å². The summed E-state index contributed by atoms with van der Waals surface area (Å²) in [5.74, 6) is 2.21. The number of hydrogen-bond donors (Lipinski definition) is 0. The van der Waals surface area contributed by atoms with Crippen molar-refractivity contribution >= 4 is 11.6 Å². The van der Waals surface area contributed by atoms with Crippen LogP contribution in [-0.4, -0.2) is 14.8 Å². The van der Waals surface area contributed by atoms with Gasteiger partial charge < -0.3 is 8.98 Å². The van der Waals surface area contributed by atoms with Gasteiger partial charge in [-0.1, -0.05) is 0 Å². The van der Waals surface area contributed by atoms with E-state index in [0.717, 1.165) is 24.4 Å². The fourth-order valence-corrected chi connectivity index (χ4v) is 1.87. The normalized spacial score (nSPS) is 12.9. The molecule has 2 aromatic heterocycles. The van der Waals surface area contributed by atoms with Gasteiger partial charge in [0.15, 0.2) is 0 Å². The predicted molar refractivity (Wildman–Crippen MR) is 61.3 cm³/mol. The first kappa shape index (κ1) is 11.2. The van der Waals surface area contributed by atoms with Gasteiger partial charge in [-0.2, -0.15) is 0 Å². The number of rotatable bonds is 5. The van der Waals surface area contributed by atoms with Crippen molar-refractivity contribution in [3.63, 3.8) is 0 Å². The molecule has 16 heavy (non-hydrogen) atoms. The molecule has 0 aliphatic carbocycles. The highest BCUT2D eigenvalue weighted by Crippen LogP contribution is 2.16. The van der Waals surface area contributed by atoms with Crippen LogP contribution in [-0.2, 0) is 12.3 Å². The average Bonchev–Trinajstić information content (AvgIpc) is 2.96. The van der Waals surface area contributed by atoms with Gasteiger partial charge in [0.25, 0.3) is 0 Å². The summed E-state index contributed by atoms with van der Waals surface area (Å²) >= 11 is 5.78. The molecular weight excluding hydrogens is 226 g/mol. The Morgan fingerprint density at radius 1 is 1.56 bits per heavy atom. The summed E-state index contributed by atoms with van der Waals surface area (Å²) in [7, 11) is 0. The molecule has 0 fully saturated rings. The second-order valence-electron chi connectivity index (χ2n) is 3.76. The van der Waals surface area contributed by atoms with E-state index in [-0.39, 0.29) is 0 Å². The predicted octanol–water partition coefficient (Wildman–Crippen LogP) is 2.80. The molecule has 0 aliphatic heterocycles. The summed E-state index contributed by atoms with van der Waals surface area (Å²) in [5, 5.41) is 7.82. The zero-order chi connectivity index (χ0) is 11.4. The van der Waals surface area contributed by atoms with Crippen molar-refractivity contribution in [3.8, 4) is 0 Å². The molecule has 86 valence electrons. The van der Waals surface area contributed by atoms with Crippen molar-refractivity contribution in [1.82, 2.24) is 14.8 Å². The van der Waals surface area contributed by atoms with Gasteiger partial charge in [-0.05, 0) is 25.5 Å². The second-order valence-corrected chi connectivity index (χ2v) is 4.02. The fraction of sp³-hybridized carbons (Fsp3) is 0.455. The van der Waals surface area contributed by atoms with Crippen LogP contribution in [0.1, 0.15) is 31.0 Å². The lowest BCUT2D eigenvalue weighted by molar-refractivity contribution is 0.446. The molecule has 2 rings (SSSR count). The largest absolute Gasteiger partial charge is 0.469 e. The van der Waals surface area contributed by atoms with Gasteiger partial charge in [0.05, 0.1) is 12.1 Å². The zero-order valence-corrected chi connectivity index (χ0v) is 9.89. The Bertz CT molecular complexity index is 424. The minimum atomic E-state index is 0.328. The number of nitrogens with zero attached hydrogens (tertiary/aromatic N) is 3. The molecule has 0 amide bonds. The molecule has 0 radical (unpaired) electrons. The molecular formula is C11H14ClN3O. The number of furan rings is 1. The first-order valence-corrected chi connectivity index (χ1v) is 5.81. The summed E-state index contributed by atoms with van der Waals surface area (Å²) in [4.78, 5) is 0. The number of aryl methyl sites for hydroxylation is 1. The SMILES string of the molecule is CC(CCc1ccco1)n1cnnc1CCl. The molecule has 0 saturated carbocycles. The molecule has 1 unspecified atom stereocenters. The molecule has 1 atom stereocenters. The third-order valence-corrected chi connectivity index (χ3v) is 2.87. The number of hydrogen-bond acceptors (Lipinski definition) is 3. The third-order valence-electron chi connectivity index (χ3n) is 2.63.